The van der Waals surface area contributed by atoms with E-state index in [1.165, 1.54) is 25.1 Å². The van der Waals surface area contributed by atoms with E-state index in [4.69, 9.17) is 18.6 Å². The predicted molar refractivity (Wildman–Crippen MR) is 177 cm³/mol. The van der Waals surface area contributed by atoms with E-state index in [2.05, 4.69) is 83.4 Å². The monoisotopic (exact) mass is 614 g/mol. The zero-order valence-corrected chi connectivity index (χ0v) is 29.7. The molecule has 236 valence electrons. The van der Waals surface area contributed by atoms with Gasteiger partial charge in [-0.25, -0.2) is 0 Å². The van der Waals surface area contributed by atoms with Gasteiger partial charge in [-0.1, -0.05) is 81.0 Å². The van der Waals surface area contributed by atoms with Crippen LogP contribution in [0.15, 0.2) is 42.0 Å². The summed E-state index contributed by atoms with van der Waals surface area (Å²) in [6.45, 7) is 18.5. The lowest BCUT2D eigenvalue weighted by molar-refractivity contribution is -0.197. The molecule has 2 saturated carbocycles. The molecule has 2 aliphatic carbocycles. The van der Waals surface area contributed by atoms with Crippen LogP contribution in [0.5, 0.6) is 0 Å². The Bertz CT molecular complexity index is 1040. The molecule has 5 nitrogen and oxygen atoms in total. The van der Waals surface area contributed by atoms with Crippen molar-refractivity contribution >= 4 is 27.5 Å². The Morgan fingerprint density at radius 1 is 1.07 bits per heavy atom. The third-order valence-corrected chi connectivity index (χ3v) is 19.8. The van der Waals surface area contributed by atoms with Gasteiger partial charge in [0.05, 0.1) is 21.3 Å². The summed E-state index contributed by atoms with van der Waals surface area (Å²) in [5, 5.41) is 1.72. The number of hydrogen-bond acceptors (Lipinski definition) is 5. The summed E-state index contributed by atoms with van der Waals surface area (Å²) in [7, 11) is -2.24. The van der Waals surface area contributed by atoms with Crippen molar-refractivity contribution in [2.24, 2.45) is 17.8 Å². The zero-order valence-electron chi connectivity index (χ0n) is 27.7. The van der Waals surface area contributed by atoms with Crippen LogP contribution in [0.25, 0.3) is 0 Å². The largest absolute Gasteiger partial charge is 0.469 e. The van der Waals surface area contributed by atoms with Crippen LogP contribution < -0.4 is 5.19 Å². The number of carbonyl (C=O) groups excluding carboxylic acids is 1. The number of esters is 1. The molecule has 1 saturated heterocycles. The molecule has 3 fully saturated rings. The van der Waals surface area contributed by atoms with E-state index in [1.54, 1.807) is 5.57 Å². The molecule has 2 unspecified atom stereocenters. The molecule has 6 atom stereocenters. The first-order valence-corrected chi connectivity index (χ1v) is 22.5. The summed E-state index contributed by atoms with van der Waals surface area (Å²) in [4.78, 5) is 11.8. The third kappa shape index (κ3) is 8.06. The molecule has 42 heavy (non-hydrogen) atoms. The molecule has 0 amide bonds. The van der Waals surface area contributed by atoms with Gasteiger partial charge >= 0.3 is 5.97 Å². The number of benzene rings is 1. The molecule has 0 spiro atoms. The number of hydrogen-bond donors (Lipinski definition) is 0. The molecule has 3 aliphatic rings. The molecule has 1 aliphatic heterocycles. The average Bonchev–Trinajstić information content (AvgIpc) is 3.29. The van der Waals surface area contributed by atoms with Crippen molar-refractivity contribution in [3.63, 3.8) is 0 Å². The molecular formula is C35H58O5Si2. The van der Waals surface area contributed by atoms with Crippen molar-refractivity contribution in [1.82, 2.24) is 0 Å². The molecule has 7 heteroatoms. The first kappa shape index (κ1) is 33.6. The fourth-order valence-corrected chi connectivity index (χ4v) is 11.9. The van der Waals surface area contributed by atoms with E-state index in [9.17, 15) is 4.79 Å². The van der Waals surface area contributed by atoms with Crippen LogP contribution in [0.4, 0.5) is 0 Å². The Hall–Kier alpha value is -1.26. The van der Waals surface area contributed by atoms with Gasteiger partial charge in [-0.15, -0.1) is 0 Å². The van der Waals surface area contributed by atoms with Crippen LogP contribution in [0.1, 0.15) is 78.6 Å². The van der Waals surface area contributed by atoms with Crippen molar-refractivity contribution in [1.29, 1.82) is 0 Å². The lowest BCUT2D eigenvalue weighted by Crippen LogP contribution is -2.49. The topological polar surface area (TPSA) is 54.0 Å². The summed E-state index contributed by atoms with van der Waals surface area (Å²) in [6.07, 6.45) is 11.7. The van der Waals surface area contributed by atoms with Gasteiger partial charge in [-0.05, 0) is 86.9 Å². The smallest absolute Gasteiger partial charge is 0.305 e. The van der Waals surface area contributed by atoms with Crippen LogP contribution in [-0.2, 0) is 23.4 Å². The predicted octanol–water partition coefficient (Wildman–Crippen LogP) is 8.22. The molecule has 1 aromatic carbocycles. The molecule has 0 N–H and O–H groups in total. The number of ether oxygens (including phenoxy) is 3. The van der Waals surface area contributed by atoms with Gasteiger partial charge in [0.15, 0.2) is 14.6 Å². The Morgan fingerprint density at radius 2 is 1.81 bits per heavy atom. The number of rotatable bonds is 11. The Labute approximate surface area is 258 Å². The summed E-state index contributed by atoms with van der Waals surface area (Å²) < 4.78 is 24.8. The fraction of sp³-hybridized carbons (Fsp3) is 0.743. The number of fused-ring (bicyclic) bond motifs is 1. The maximum absolute atomic E-state index is 11.8. The maximum Gasteiger partial charge on any atom is 0.305 e. The quantitative estimate of drug-likeness (QED) is 0.109. The number of allylic oxidation sites excluding steroid dienone is 2. The zero-order chi connectivity index (χ0) is 30.5. The molecular weight excluding hydrogens is 557 g/mol. The van der Waals surface area contributed by atoms with Crippen LogP contribution in [-0.4, -0.2) is 55.1 Å². The van der Waals surface area contributed by atoms with Crippen LogP contribution >= 0.6 is 0 Å². The minimum absolute atomic E-state index is 0.0708. The number of unbranched alkanes of at least 4 members (excludes halogenated alkanes) is 1. The van der Waals surface area contributed by atoms with Gasteiger partial charge in [0, 0.05) is 25.6 Å². The lowest BCUT2D eigenvalue weighted by atomic mass is 9.75. The lowest BCUT2D eigenvalue weighted by Gasteiger charge is -2.45. The number of carbonyl (C=O) groups is 1. The van der Waals surface area contributed by atoms with Gasteiger partial charge in [0.25, 0.3) is 0 Å². The van der Waals surface area contributed by atoms with Crippen molar-refractivity contribution < 1.29 is 23.4 Å². The molecule has 4 rings (SSSR count). The van der Waals surface area contributed by atoms with E-state index >= 15 is 0 Å². The Balaban J connectivity index is 1.61. The van der Waals surface area contributed by atoms with E-state index < -0.39 is 16.4 Å². The highest BCUT2D eigenvalue weighted by molar-refractivity contribution is 6.91. The fourth-order valence-electron chi connectivity index (χ4n) is 7.35. The van der Waals surface area contributed by atoms with E-state index in [0.717, 1.165) is 51.7 Å². The first-order valence-electron chi connectivity index (χ1n) is 16.6. The molecule has 0 aromatic heterocycles. The summed E-state index contributed by atoms with van der Waals surface area (Å²) in [6, 6.07) is 11.2. The van der Waals surface area contributed by atoms with Crippen molar-refractivity contribution in [2.45, 2.75) is 128 Å². The van der Waals surface area contributed by atoms with Gasteiger partial charge in [-0.2, -0.15) is 0 Å². The maximum atomic E-state index is 11.8. The van der Waals surface area contributed by atoms with Crippen molar-refractivity contribution in [3.8, 4) is 0 Å². The summed E-state index contributed by atoms with van der Waals surface area (Å²) in [5.74, 6) is 1.49. The Kier molecular flexibility index (Phi) is 11.4. The van der Waals surface area contributed by atoms with Gasteiger partial charge in [-0.3, -0.25) is 4.79 Å². The average molecular weight is 615 g/mol. The first-order chi connectivity index (χ1) is 19.8. The molecule has 1 heterocycles. The van der Waals surface area contributed by atoms with E-state index in [1.807, 2.05) is 0 Å². The Morgan fingerprint density at radius 3 is 2.45 bits per heavy atom. The number of methoxy groups -OCH3 is 1. The van der Waals surface area contributed by atoms with Gasteiger partial charge in [0.2, 0.25) is 0 Å². The second kappa shape index (κ2) is 14.2. The standard InChI is InChI=1S/C35H58O5Si2/c1-35(2,3)42(7,8)39-25-30-29-24-32(41(5,6)28-17-10-9-11-18-28)26(16-12-13-19-33(36)37-4)22-27(29)23-31(30)40-34-20-14-15-21-38-34/h9-11,16-18,27,29-32,34H,12-15,19-25H2,1-8H3/t27-,29-,30+,31-,32?,34?/m1/s1. The van der Waals surface area contributed by atoms with Crippen LogP contribution in [0.2, 0.25) is 36.8 Å². The third-order valence-electron chi connectivity index (χ3n) is 11.1. The van der Waals surface area contributed by atoms with E-state index in [-0.39, 0.29) is 23.4 Å². The minimum atomic E-state index is -1.89. The highest BCUT2D eigenvalue weighted by atomic mass is 28.4. The minimum Gasteiger partial charge on any atom is -0.469 e. The highest BCUT2D eigenvalue weighted by Gasteiger charge is 2.52. The van der Waals surface area contributed by atoms with Gasteiger partial charge in [0.1, 0.15) is 0 Å². The normalized spacial score (nSPS) is 29.9. The van der Waals surface area contributed by atoms with E-state index in [0.29, 0.717) is 29.7 Å². The second-order valence-corrected chi connectivity index (χ2v) is 24.7. The van der Waals surface area contributed by atoms with Gasteiger partial charge < -0.3 is 18.6 Å². The molecule has 0 radical (unpaired) electrons. The second-order valence-electron chi connectivity index (χ2n) is 15.2. The summed E-state index contributed by atoms with van der Waals surface area (Å²) >= 11 is 0. The molecule has 0 bridgehead atoms. The SMILES string of the molecule is COC(=O)CCCC=C1C[C@@H]2C[C@@H](OC3CCCCO3)[C@@H](CO[Si](C)(C)C(C)(C)C)[C@@H]2CC1[Si](C)(C)c1ccccc1. The van der Waals surface area contributed by atoms with Crippen molar-refractivity contribution in [3.05, 3.63) is 42.0 Å². The van der Waals surface area contributed by atoms with Crippen LogP contribution in [0.3, 0.4) is 0 Å². The van der Waals surface area contributed by atoms with Crippen molar-refractivity contribution in [2.75, 3.05) is 20.3 Å². The van der Waals surface area contributed by atoms with Crippen LogP contribution in [0, 0.1) is 17.8 Å². The highest BCUT2D eigenvalue weighted by Crippen LogP contribution is 2.55. The molecule has 1 aromatic rings. The summed E-state index contributed by atoms with van der Waals surface area (Å²) in [5.41, 5.74) is 2.19.